The predicted molar refractivity (Wildman–Crippen MR) is 41.4 cm³/mol. The van der Waals surface area contributed by atoms with Crippen molar-refractivity contribution in [2.24, 2.45) is 5.41 Å². The molecule has 3 heteroatoms. The Morgan fingerprint density at radius 1 is 1.60 bits per heavy atom. The Kier molecular flexibility index (Phi) is 2.58. The molecule has 0 radical (unpaired) electrons. The van der Waals surface area contributed by atoms with Crippen molar-refractivity contribution in [1.29, 1.82) is 5.26 Å². The molecule has 1 aliphatic rings. The lowest BCUT2D eigenvalue weighted by atomic mass is 9.71. The van der Waals surface area contributed by atoms with Crippen LogP contribution in [0.2, 0.25) is 0 Å². The maximum absolute atomic E-state index is 8.94. The van der Waals surface area contributed by atoms with E-state index in [9.17, 15) is 0 Å². The molecule has 10 heavy (non-hydrogen) atoms. The molecule has 0 aromatic heterocycles. The van der Waals surface area contributed by atoms with Crippen LogP contribution in [0.15, 0.2) is 0 Å². The number of nitriles is 1. The van der Waals surface area contributed by atoms with Gasteiger partial charge in [0.2, 0.25) is 0 Å². The van der Waals surface area contributed by atoms with E-state index in [1.807, 2.05) is 5.40 Å². The number of hydrogen-bond acceptors (Lipinski definition) is 3. The second-order valence-electron chi connectivity index (χ2n) is 2.89. The van der Waals surface area contributed by atoms with Gasteiger partial charge in [-0.15, -0.1) is 0 Å². The largest absolute Gasteiger partial charge is 0.396 e. The number of thiocyanates is 1. The fraction of sp³-hybridized carbons (Fsp3) is 0.857. The van der Waals surface area contributed by atoms with E-state index >= 15 is 0 Å². The minimum atomic E-state index is 0.112. The molecule has 0 aromatic rings. The van der Waals surface area contributed by atoms with Gasteiger partial charge in [0.15, 0.2) is 0 Å². The van der Waals surface area contributed by atoms with Gasteiger partial charge in [0.1, 0.15) is 5.40 Å². The first-order valence-electron chi connectivity index (χ1n) is 3.45. The Morgan fingerprint density at radius 3 is 2.60 bits per heavy atom. The lowest BCUT2D eigenvalue weighted by Crippen LogP contribution is -2.35. The van der Waals surface area contributed by atoms with Crippen LogP contribution >= 0.6 is 11.8 Å². The summed E-state index contributed by atoms with van der Waals surface area (Å²) >= 11 is 1.26. The van der Waals surface area contributed by atoms with Gasteiger partial charge < -0.3 is 5.11 Å². The fourth-order valence-corrected chi connectivity index (χ4v) is 1.96. The number of hydrogen-bond donors (Lipinski definition) is 1. The first-order valence-corrected chi connectivity index (χ1v) is 4.43. The summed E-state index contributed by atoms with van der Waals surface area (Å²) < 4.78 is 0. The zero-order valence-electron chi connectivity index (χ0n) is 5.84. The summed E-state index contributed by atoms with van der Waals surface area (Å²) in [6, 6.07) is 0. The summed E-state index contributed by atoms with van der Waals surface area (Å²) in [6.45, 7) is 0.252. The molecule has 0 spiro atoms. The molecular formula is C7H11NOS. The molecule has 0 saturated heterocycles. The van der Waals surface area contributed by atoms with Crippen molar-refractivity contribution in [2.45, 2.75) is 19.3 Å². The molecule has 1 N–H and O–H groups in total. The fourth-order valence-electron chi connectivity index (χ4n) is 1.21. The Labute approximate surface area is 65.2 Å². The van der Waals surface area contributed by atoms with Crippen molar-refractivity contribution in [3.8, 4) is 5.40 Å². The monoisotopic (exact) mass is 157 g/mol. The minimum Gasteiger partial charge on any atom is -0.396 e. The van der Waals surface area contributed by atoms with Crippen molar-refractivity contribution in [3.63, 3.8) is 0 Å². The van der Waals surface area contributed by atoms with Gasteiger partial charge in [-0.3, -0.25) is 0 Å². The predicted octanol–water partition coefficient (Wildman–Crippen LogP) is 1.36. The number of aliphatic hydroxyl groups excluding tert-OH is 1. The zero-order chi connectivity index (χ0) is 7.45. The van der Waals surface area contributed by atoms with E-state index in [1.54, 1.807) is 0 Å². The van der Waals surface area contributed by atoms with Crippen molar-refractivity contribution < 1.29 is 5.11 Å². The van der Waals surface area contributed by atoms with Crippen molar-refractivity contribution >= 4 is 11.8 Å². The third kappa shape index (κ3) is 1.44. The lowest BCUT2D eigenvalue weighted by molar-refractivity contribution is 0.0687. The highest BCUT2D eigenvalue weighted by Crippen LogP contribution is 2.42. The van der Waals surface area contributed by atoms with Gasteiger partial charge in [-0.05, 0) is 24.6 Å². The van der Waals surface area contributed by atoms with Gasteiger partial charge in [0, 0.05) is 17.8 Å². The van der Waals surface area contributed by atoms with Gasteiger partial charge in [-0.25, -0.2) is 0 Å². The van der Waals surface area contributed by atoms with E-state index in [-0.39, 0.29) is 12.0 Å². The van der Waals surface area contributed by atoms with Gasteiger partial charge in [-0.1, -0.05) is 6.42 Å². The van der Waals surface area contributed by atoms with Crippen LogP contribution in [0.4, 0.5) is 0 Å². The molecule has 0 heterocycles. The van der Waals surface area contributed by atoms with Gasteiger partial charge >= 0.3 is 0 Å². The molecule has 0 aromatic carbocycles. The molecular weight excluding hydrogens is 146 g/mol. The highest BCUT2D eigenvalue weighted by molar-refractivity contribution is 8.03. The maximum Gasteiger partial charge on any atom is 0.133 e. The molecule has 1 fully saturated rings. The Bertz CT molecular complexity index is 143. The van der Waals surface area contributed by atoms with E-state index in [0.717, 1.165) is 18.6 Å². The van der Waals surface area contributed by atoms with E-state index in [4.69, 9.17) is 10.4 Å². The van der Waals surface area contributed by atoms with Gasteiger partial charge in [-0.2, -0.15) is 5.26 Å². The van der Waals surface area contributed by atoms with E-state index in [1.165, 1.54) is 18.2 Å². The lowest BCUT2D eigenvalue weighted by Gasteiger charge is -2.39. The quantitative estimate of drug-likeness (QED) is 0.629. The number of nitrogens with zero attached hydrogens (tertiary/aromatic N) is 1. The topological polar surface area (TPSA) is 44.0 Å². The van der Waals surface area contributed by atoms with Crippen LogP contribution in [0.5, 0.6) is 0 Å². The second-order valence-corrected chi connectivity index (χ2v) is 3.65. The van der Waals surface area contributed by atoms with E-state index < -0.39 is 0 Å². The highest BCUT2D eigenvalue weighted by Gasteiger charge is 2.35. The normalized spacial score (nSPS) is 21.2. The zero-order valence-corrected chi connectivity index (χ0v) is 6.65. The van der Waals surface area contributed by atoms with Gasteiger partial charge in [0.05, 0.1) is 0 Å². The van der Waals surface area contributed by atoms with Crippen molar-refractivity contribution in [2.75, 3.05) is 12.4 Å². The summed E-state index contributed by atoms with van der Waals surface area (Å²) in [4.78, 5) is 0. The molecule has 56 valence electrons. The summed E-state index contributed by atoms with van der Waals surface area (Å²) in [5, 5.41) is 19.2. The molecule has 2 nitrogen and oxygen atoms in total. The second kappa shape index (κ2) is 3.27. The van der Waals surface area contributed by atoms with Crippen molar-refractivity contribution in [3.05, 3.63) is 0 Å². The van der Waals surface area contributed by atoms with E-state index in [2.05, 4.69) is 0 Å². The van der Waals surface area contributed by atoms with Crippen LogP contribution < -0.4 is 0 Å². The maximum atomic E-state index is 8.94. The van der Waals surface area contributed by atoms with Crippen LogP contribution in [-0.2, 0) is 0 Å². The SMILES string of the molecule is N#CSCC1(CO)CCC1. The number of thioether (sulfide) groups is 1. The van der Waals surface area contributed by atoms with Crippen LogP contribution in [0.25, 0.3) is 0 Å². The van der Waals surface area contributed by atoms with Crippen LogP contribution in [0.3, 0.4) is 0 Å². The molecule has 1 rings (SSSR count). The van der Waals surface area contributed by atoms with Crippen LogP contribution in [-0.4, -0.2) is 17.5 Å². The average molecular weight is 157 g/mol. The molecule has 0 atom stereocenters. The molecule has 0 unspecified atom stereocenters. The Morgan fingerprint density at radius 2 is 2.30 bits per heavy atom. The average Bonchev–Trinajstić information content (AvgIpc) is 1.87. The smallest absolute Gasteiger partial charge is 0.133 e. The molecule has 0 bridgehead atoms. The summed E-state index contributed by atoms with van der Waals surface area (Å²) in [6.07, 6.45) is 3.41. The first kappa shape index (κ1) is 7.90. The Hall–Kier alpha value is -0.200. The minimum absolute atomic E-state index is 0.112. The number of rotatable bonds is 3. The molecule has 0 amide bonds. The molecule has 1 saturated carbocycles. The van der Waals surface area contributed by atoms with Crippen molar-refractivity contribution in [1.82, 2.24) is 0 Å². The van der Waals surface area contributed by atoms with Gasteiger partial charge in [0.25, 0.3) is 0 Å². The third-order valence-electron chi connectivity index (χ3n) is 2.19. The summed E-state index contributed by atoms with van der Waals surface area (Å²) in [5.74, 6) is 0.806. The number of aliphatic hydroxyl groups is 1. The summed E-state index contributed by atoms with van der Waals surface area (Å²) in [5.41, 5.74) is 0.112. The van der Waals surface area contributed by atoms with Crippen LogP contribution in [0.1, 0.15) is 19.3 Å². The highest BCUT2D eigenvalue weighted by atomic mass is 32.2. The standard InChI is InChI=1S/C7H11NOS/c8-6-10-5-7(4-9)2-1-3-7/h9H,1-5H2. The van der Waals surface area contributed by atoms with E-state index in [0.29, 0.717) is 0 Å². The molecule has 0 aliphatic heterocycles. The summed E-state index contributed by atoms with van der Waals surface area (Å²) in [7, 11) is 0. The third-order valence-corrected chi connectivity index (χ3v) is 3.08. The first-order chi connectivity index (χ1) is 4.83. The van der Waals surface area contributed by atoms with Crippen LogP contribution in [0, 0.1) is 16.1 Å². The Balaban J connectivity index is 2.28. The molecule has 1 aliphatic carbocycles.